The molecular formula is C8H7BrF3N. The van der Waals surface area contributed by atoms with E-state index in [0.717, 1.165) is 0 Å². The maximum atomic E-state index is 11.9. The van der Waals surface area contributed by atoms with Crippen molar-refractivity contribution in [2.75, 3.05) is 5.73 Å². The van der Waals surface area contributed by atoms with Crippen LogP contribution < -0.4 is 5.73 Å². The van der Waals surface area contributed by atoms with Gasteiger partial charge in [0.15, 0.2) is 0 Å². The summed E-state index contributed by atoms with van der Waals surface area (Å²) >= 11 is 3.06. The second-order valence-corrected chi connectivity index (χ2v) is 3.50. The summed E-state index contributed by atoms with van der Waals surface area (Å²) in [6.07, 6.45) is -5.10. The molecule has 1 aromatic rings. The zero-order chi connectivity index (χ0) is 10.1. The van der Waals surface area contributed by atoms with Gasteiger partial charge in [-0.1, -0.05) is 6.07 Å². The minimum Gasteiger partial charge on any atom is -0.398 e. The van der Waals surface area contributed by atoms with Crippen molar-refractivity contribution in [1.29, 1.82) is 0 Å². The molecule has 0 fully saturated rings. The number of nitrogen functional groups attached to an aromatic ring is 1. The Morgan fingerprint density at radius 2 is 1.92 bits per heavy atom. The summed E-state index contributed by atoms with van der Waals surface area (Å²) < 4.78 is 36.3. The first kappa shape index (κ1) is 10.4. The van der Waals surface area contributed by atoms with Gasteiger partial charge in [0.05, 0.1) is 6.42 Å². The maximum Gasteiger partial charge on any atom is 0.393 e. The molecule has 0 heterocycles. The van der Waals surface area contributed by atoms with Gasteiger partial charge in [-0.15, -0.1) is 0 Å². The number of alkyl halides is 3. The summed E-state index contributed by atoms with van der Waals surface area (Å²) in [7, 11) is 0. The summed E-state index contributed by atoms with van der Waals surface area (Å²) in [5, 5.41) is 0. The lowest BCUT2D eigenvalue weighted by Gasteiger charge is -2.07. The Morgan fingerprint density at radius 1 is 1.31 bits per heavy atom. The molecule has 0 atom stereocenters. The molecule has 0 aliphatic carbocycles. The van der Waals surface area contributed by atoms with E-state index in [1.54, 1.807) is 0 Å². The zero-order valence-corrected chi connectivity index (χ0v) is 8.11. The Balaban J connectivity index is 2.86. The Labute approximate surface area is 81.9 Å². The van der Waals surface area contributed by atoms with Crippen LogP contribution in [-0.2, 0) is 6.42 Å². The van der Waals surface area contributed by atoms with E-state index in [1.807, 2.05) is 0 Å². The highest BCUT2D eigenvalue weighted by Gasteiger charge is 2.27. The van der Waals surface area contributed by atoms with Gasteiger partial charge in [0.1, 0.15) is 0 Å². The van der Waals surface area contributed by atoms with Crippen LogP contribution in [0.5, 0.6) is 0 Å². The quantitative estimate of drug-likeness (QED) is 0.765. The molecule has 72 valence electrons. The molecule has 0 aliphatic rings. The summed E-state index contributed by atoms with van der Waals surface area (Å²) in [5.74, 6) is 0. The summed E-state index contributed by atoms with van der Waals surface area (Å²) in [6, 6.07) is 4.20. The second-order valence-electron chi connectivity index (χ2n) is 2.65. The molecule has 0 radical (unpaired) electrons. The van der Waals surface area contributed by atoms with Gasteiger partial charge in [0, 0.05) is 10.2 Å². The fourth-order valence-electron chi connectivity index (χ4n) is 0.912. The van der Waals surface area contributed by atoms with Crippen molar-refractivity contribution in [3.8, 4) is 0 Å². The first-order chi connectivity index (χ1) is 5.88. The first-order valence-electron chi connectivity index (χ1n) is 3.49. The van der Waals surface area contributed by atoms with E-state index < -0.39 is 12.6 Å². The molecule has 13 heavy (non-hydrogen) atoms. The lowest BCUT2D eigenvalue weighted by atomic mass is 10.1. The van der Waals surface area contributed by atoms with Gasteiger partial charge in [-0.3, -0.25) is 0 Å². The highest BCUT2D eigenvalue weighted by molar-refractivity contribution is 9.10. The van der Waals surface area contributed by atoms with E-state index in [-0.39, 0.29) is 5.56 Å². The molecule has 5 heteroatoms. The minimum absolute atomic E-state index is 0.202. The van der Waals surface area contributed by atoms with Crippen LogP contribution in [0.3, 0.4) is 0 Å². The Morgan fingerprint density at radius 3 is 2.38 bits per heavy atom. The van der Waals surface area contributed by atoms with Gasteiger partial charge in [0.2, 0.25) is 0 Å². The van der Waals surface area contributed by atoms with Gasteiger partial charge in [0.25, 0.3) is 0 Å². The molecule has 0 aliphatic heterocycles. The van der Waals surface area contributed by atoms with Gasteiger partial charge in [-0.2, -0.15) is 13.2 Å². The van der Waals surface area contributed by atoms with E-state index >= 15 is 0 Å². The molecule has 0 unspecified atom stereocenters. The van der Waals surface area contributed by atoms with Crippen LogP contribution >= 0.6 is 15.9 Å². The average molecular weight is 254 g/mol. The molecule has 1 aromatic carbocycles. The molecule has 2 N–H and O–H groups in total. The number of nitrogens with two attached hydrogens (primary N) is 1. The van der Waals surface area contributed by atoms with Crippen LogP contribution in [0.4, 0.5) is 18.9 Å². The van der Waals surface area contributed by atoms with Gasteiger partial charge in [-0.25, -0.2) is 0 Å². The van der Waals surface area contributed by atoms with Crippen LogP contribution in [0.2, 0.25) is 0 Å². The van der Waals surface area contributed by atoms with Crippen molar-refractivity contribution in [2.45, 2.75) is 12.6 Å². The Hall–Kier alpha value is -0.710. The monoisotopic (exact) mass is 253 g/mol. The standard InChI is InChI=1S/C8H7BrF3N/c9-6-3-5(1-2-7(6)13)4-8(10,11)12/h1-3H,4,13H2. The van der Waals surface area contributed by atoms with Crippen LogP contribution in [0.15, 0.2) is 22.7 Å². The third-order valence-electron chi connectivity index (χ3n) is 1.47. The molecule has 0 saturated carbocycles. The minimum atomic E-state index is -4.17. The lowest BCUT2D eigenvalue weighted by Crippen LogP contribution is -2.11. The first-order valence-corrected chi connectivity index (χ1v) is 4.28. The molecule has 0 saturated heterocycles. The van der Waals surface area contributed by atoms with Crippen LogP contribution in [-0.4, -0.2) is 6.18 Å². The van der Waals surface area contributed by atoms with E-state index in [0.29, 0.717) is 10.2 Å². The molecule has 0 aromatic heterocycles. The molecule has 0 bridgehead atoms. The topological polar surface area (TPSA) is 26.0 Å². The molecule has 0 amide bonds. The fourth-order valence-corrected chi connectivity index (χ4v) is 1.34. The van der Waals surface area contributed by atoms with Crippen LogP contribution in [0.25, 0.3) is 0 Å². The van der Waals surface area contributed by atoms with Crippen molar-refractivity contribution in [3.63, 3.8) is 0 Å². The average Bonchev–Trinajstić information content (AvgIpc) is 1.94. The van der Waals surface area contributed by atoms with E-state index in [9.17, 15) is 13.2 Å². The predicted molar refractivity (Wildman–Crippen MR) is 48.3 cm³/mol. The van der Waals surface area contributed by atoms with Crippen molar-refractivity contribution in [1.82, 2.24) is 0 Å². The molecular weight excluding hydrogens is 247 g/mol. The smallest absolute Gasteiger partial charge is 0.393 e. The number of halogens is 4. The fraction of sp³-hybridized carbons (Fsp3) is 0.250. The molecule has 1 rings (SSSR count). The predicted octanol–water partition coefficient (Wildman–Crippen LogP) is 3.14. The maximum absolute atomic E-state index is 11.9. The van der Waals surface area contributed by atoms with Crippen molar-refractivity contribution >= 4 is 21.6 Å². The van der Waals surface area contributed by atoms with E-state index in [2.05, 4.69) is 15.9 Å². The number of hydrogen-bond acceptors (Lipinski definition) is 1. The van der Waals surface area contributed by atoms with Crippen LogP contribution in [0.1, 0.15) is 5.56 Å². The SMILES string of the molecule is Nc1ccc(CC(F)(F)F)cc1Br. The number of hydrogen-bond donors (Lipinski definition) is 1. The summed E-state index contributed by atoms with van der Waals surface area (Å²) in [6.45, 7) is 0. The van der Waals surface area contributed by atoms with Gasteiger partial charge >= 0.3 is 6.18 Å². The van der Waals surface area contributed by atoms with Crippen LogP contribution in [0, 0.1) is 0 Å². The highest BCUT2D eigenvalue weighted by atomic mass is 79.9. The van der Waals surface area contributed by atoms with Crippen molar-refractivity contribution in [2.24, 2.45) is 0 Å². The highest BCUT2D eigenvalue weighted by Crippen LogP contribution is 2.25. The molecule has 1 nitrogen and oxygen atoms in total. The molecule has 0 spiro atoms. The third kappa shape index (κ3) is 3.26. The van der Waals surface area contributed by atoms with E-state index in [1.165, 1.54) is 18.2 Å². The van der Waals surface area contributed by atoms with Gasteiger partial charge < -0.3 is 5.73 Å². The van der Waals surface area contributed by atoms with E-state index in [4.69, 9.17) is 5.73 Å². The lowest BCUT2D eigenvalue weighted by molar-refractivity contribution is -0.127. The summed E-state index contributed by atoms with van der Waals surface area (Å²) in [5.41, 5.74) is 6.06. The van der Waals surface area contributed by atoms with Crippen molar-refractivity contribution < 1.29 is 13.2 Å². The number of anilines is 1. The number of rotatable bonds is 1. The third-order valence-corrected chi connectivity index (χ3v) is 2.16. The Kier molecular flexibility index (Phi) is 2.85. The summed E-state index contributed by atoms with van der Waals surface area (Å²) in [4.78, 5) is 0. The largest absolute Gasteiger partial charge is 0.398 e. The van der Waals surface area contributed by atoms with Crippen molar-refractivity contribution in [3.05, 3.63) is 28.2 Å². The number of benzene rings is 1. The Bertz CT molecular complexity index is 309. The normalized spacial score (nSPS) is 11.7. The van der Waals surface area contributed by atoms with Gasteiger partial charge in [-0.05, 0) is 33.6 Å². The second kappa shape index (κ2) is 3.57. The zero-order valence-electron chi connectivity index (χ0n) is 6.53.